The van der Waals surface area contributed by atoms with Crippen LogP contribution < -0.4 is 0 Å². The number of aromatic nitrogens is 2. The minimum absolute atomic E-state index is 0.157. The molecule has 0 aliphatic carbocycles. The molecule has 1 aromatic heterocycles. The second-order valence-corrected chi connectivity index (χ2v) is 2.60. The van der Waals surface area contributed by atoms with Crippen molar-refractivity contribution in [3.63, 3.8) is 0 Å². The molecular formula is C8H14N2O. The van der Waals surface area contributed by atoms with Crippen LogP contribution in [0.2, 0.25) is 0 Å². The predicted octanol–water partition coefficient (Wildman–Crippen LogP) is 0.746. The lowest BCUT2D eigenvalue weighted by atomic mass is 10.2. The lowest BCUT2D eigenvalue weighted by Gasteiger charge is -1.94. The molecule has 1 heterocycles. The molecule has 3 heteroatoms. The summed E-state index contributed by atoms with van der Waals surface area (Å²) in [7, 11) is 0. The lowest BCUT2D eigenvalue weighted by molar-refractivity contribution is 0.269. The van der Waals surface area contributed by atoms with E-state index in [1.54, 1.807) is 4.68 Å². The van der Waals surface area contributed by atoms with Crippen LogP contribution >= 0.6 is 0 Å². The van der Waals surface area contributed by atoms with Gasteiger partial charge in [0.05, 0.1) is 18.8 Å². The molecule has 0 spiro atoms. The number of nitrogens with zero attached hydrogens (tertiary/aromatic N) is 2. The Bertz CT molecular complexity index is 230. The molecule has 0 bridgehead atoms. The predicted molar refractivity (Wildman–Crippen MR) is 43.4 cm³/mol. The molecule has 62 valence electrons. The summed E-state index contributed by atoms with van der Waals surface area (Å²) in [5.41, 5.74) is 2.33. The van der Waals surface area contributed by atoms with Crippen molar-refractivity contribution in [2.75, 3.05) is 6.61 Å². The third kappa shape index (κ3) is 1.80. The molecule has 1 rings (SSSR count). The van der Waals surface area contributed by atoms with Crippen LogP contribution in [0, 0.1) is 6.92 Å². The number of aryl methyl sites for hydroxylation is 2. The first kappa shape index (κ1) is 8.27. The first-order chi connectivity index (χ1) is 5.27. The van der Waals surface area contributed by atoms with Crippen LogP contribution in [-0.4, -0.2) is 21.5 Å². The van der Waals surface area contributed by atoms with Crippen molar-refractivity contribution >= 4 is 0 Å². The Kier molecular flexibility index (Phi) is 2.65. The van der Waals surface area contributed by atoms with Crippen LogP contribution in [0.15, 0.2) is 6.20 Å². The Hall–Kier alpha value is -0.830. The van der Waals surface area contributed by atoms with Gasteiger partial charge in [0.1, 0.15) is 0 Å². The van der Waals surface area contributed by atoms with Gasteiger partial charge >= 0.3 is 0 Å². The van der Waals surface area contributed by atoms with Gasteiger partial charge in [-0.25, -0.2) is 0 Å². The van der Waals surface area contributed by atoms with E-state index in [-0.39, 0.29) is 6.61 Å². The van der Waals surface area contributed by atoms with Crippen molar-refractivity contribution in [2.45, 2.75) is 26.8 Å². The van der Waals surface area contributed by atoms with E-state index in [2.05, 4.69) is 12.0 Å². The fraction of sp³-hybridized carbons (Fsp3) is 0.625. The first-order valence-corrected chi connectivity index (χ1v) is 3.91. The zero-order valence-electron chi connectivity index (χ0n) is 7.04. The van der Waals surface area contributed by atoms with Crippen LogP contribution in [0.4, 0.5) is 0 Å². The number of rotatable bonds is 3. The van der Waals surface area contributed by atoms with Gasteiger partial charge in [0.2, 0.25) is 0 Å². The summed E-state index contributed by atoms with van der Waals surface area (Å²) >= 11 is 0. The molecule has 0 aliphatic heterocycles. The summed E-state index contributed by atoms with van der Waals surface area (Å²) < 4.78 is 1.79. The van der Waals surface area contributed by atoms with E-state index in [0.29, 0.717) is 6.54 Å². The third-order valence-corrected chi connectivity index (χ3v) is 1.71. The molecule has 0 saturated heterocycles. The molecular weight excluding hydrogens is 140 g/mol. The van der Waals surface area contributed by atoms with E-state index in [1.165, 1.54) is 5.56 Å². The maximum absolute atomic E-state index is 8.63. The molecule has 0 unspecified atom stereocenters. The fourth-order valence-electron chi connectivity index (χ4n) is 1.13. The highest BCUT2D eigenvalue weighted by Crippen LogP contribution is 2.04. The van der Waals surface area contributed by atoms with Crippen molar-refractivity contribution in [1.29, 1.82) is 0 Å². The minimum atomic E-state index is 0.157. The summed E-state index contributed by atoms with van der Waals surface area (Å²) in [5, 5.41) is 12.9. The number of hydrogen-bond acceptors (Lipinski definition) is 2. The lowest BCUT2D eigenvalue weighted by Crippen LogP contribution is -2.02. The molecule has 0 aromatic carbocycles. The van der Waals surface area contributed by atoms with Gasteiger partial charge in [0, 0.05) is 6.20 Å². The van der Waals surface area contributed by atoms with Crippen LogP contribution in [0.1, 0.15) is 18.2 Å². The second-order valence-electron chi connectivity index (χ2n) is 2.60. The molecule has 0 aliphatic rings. The Morgan fingerprint density at radius 2 is 2.36 bits per heavy atom. The van der Waals surface area contributed by atoms with Crippen molar-refractivity contribution in [3.05, 3.63) is 17.5 Å². The van der Waals surface area contributed by atoms with Crippen LogP contribution in [0.3, 0.4) is 0 Å². The number of aliphatic hydroxyl groups excluding tert-OH is 1. The SMILES string of the molecule is CCc1nn(CCO)cc1C. The first-order valence-electron chi connectivity index (χ1n) is 3.91. The Balaban J connectivity index is 2.77. The van der Waals surface area contributed by atoms with E-state index in [9.17, 15) is 0 Å². The number of aliphatic hydroxyl groups is 1. The monoisotopic (exact) mass is 154 g/mol. The smallest absolute Gasteiger partial charge is 0.0651 e. The topological polar surface area (TPSA) is 38.0 Å². The van der Waals surface area contributed by atoms with E-state index in [0.717, 1.165) is 12.1 Å². The molecule has 0 saturated carbocycles. The van der Waals surface area contributed by atoms with Crippen molar-refractivity contribution in [1.82, 2.24) is 9.78 Å². The summed E-state index contributed by atoms with van der Waals surface area (Å²) in [6.07, 6.45) is 2.93. The Morgan fingerprint density at radius 1 is 1.64 bits per heavy atom. The van der Waals surface area contributed by atoms with Gasteiger partial charge in [-0.3, -0.25) is 4.68 Å². The van der Waals surface area contributed by atoms with Crippen LogP contribution in [0.25, 0.3) is 0 Å². The Morgan fingerprint density at radius 3 is 2.82 bits per heavy atom. The fourth-order valence-corrected chi connectivity index (χ4v) is 1.13. The van der Waals surface area contributed by atoms with E-state index >= 15 is 0 Å². The average Bonchev–Trinajstić information content (AvgIpc) is 2.32. The van der Waals surface area contributed by atoms with Gasteiger partial charge in [-0.2, -0.15) is 5.10 Å². The molecule has 3 nitrogen and oxygen atoms in total. The molecule has 1 N–H and O–H groups in total. The van der Waals surface area contributed by atoms with Gasteiger partial charge < -0.3 is 5.11 Å². The minimum Gasteiger partial charge on any atom is -0.394 e. The summed E-state index contributed by atoms with van der Waals surface area (Å²) in [5.74, 6) is 0. The van der Waals surface area contributed by atoms with Crippen molar-refractivity contribution in [3.8, 4) is 0 Å². The van der Waals surface area contributed by atoms with E-state index in [1.807, 2.05) is 13.1 Å². The molecule has 0 radical (unpaired) electrons. The molecule has 0 atom stereocenters. The standard InChI is InChI=1S/C8H14N2O/c1-3-8-7(2)6-10(9-8)4-5-11/h6,11H,3-5H2,1-2H3. The zero-order chi connectivity index (χ0) is 8.27. The highest BCUT2D eigenvalue weighted by atomic mass is 16.3. The quantitative estimate of drug-likeness (QED) is 0.697. The normalized spacial score (nSPS) is 10.5. The maximum Gasteiger partial charge on any atom is 0.0651 e. The van der Waals surface area contributed by atoms with Gasteiger partial charge in [-0.15, -0.1) is 0 Å². The maximum atomic E-state index is 8.63. The zero-order valence-corrected chi connectivity index (χ0v) is 7.04. The molecule has 11 heavy (non-hydrogen) atoms. The molecule has 0 fully saturated rings. The van der Waals surface area contributed by atoms with Gasteiger partial charge in [-0.1, -0.05) is 6.92 Å². The average molecular weight is 154 g/mol. The number of hydrogen-bond donors (Lipinski definition) is 1. The summed E-state index contributed by atoms with van der Waals surface area (Å²) in [4.78, 5) is 0. The van der Waals surface area contributed by atoms with E-state index in [4.69, 9.17) is 5.11 Å². The van der Waals surface area contributed by atoms with Gasteiger partial charge in [0.15, 0.2) is 0 Å². The van der Waals surface area contributed by atoms with Crippen LogP contribution in [0.5, 0.6) is 0 Å². The molecule has 0 amide bonds. The highest BCUT2D eigenvalue weighted by Gasteiger charge is 2.00. The second kappa shape index (κ2) is 3.53. The highest BCUT2D eigenvalue weighted by molar-refractivity contribution is 5.14. The van der Waals surface area contributed by atoms with Crippen molar-refractivity contribution < 1.29 is 5.11 Å². The third-order valence-electron chi connectivity index (χ3n) is 1.71. The molecule has 1 aromatic rings. The van der Waals surface area contributed by atoms with Crippen molar-refractivity contribution in [2.24, 2.45) is 0 Å². The van der Waals surface area contributed by atoms with Crippen LogP contribution in [-0.2, 0) is 13.0 Å². The van der Waals surface area contributed by atoms with Gasteiger partial charge in [0.25, 0.3) is 0 Å². The summed E-state index contributed by atoms with van der Waals surface area (Å²) in [6.45, 7) is 4.88. The Labute approximate surface area is 66.7 Å². The largest absolute Gasteiger partial charge is 0.394 e. The van der Waals surface area contributed by atoms with Gasteiger partial charge in [-0.05, 0) is 18.9 Å². The summed E-state index contributed by atoms with van der Waals surface area (Å²) in [6, 6.07) is 0. The van der Waals surface area contributed by atoms with E-state index < -0.39 is 0 Å².